The third-order valence-corrected chi connectivity index (χ3v) is 4.91. The van der Waals surface area contributed by atoms with Crippen LogP contribution in [0.4, 0.5) is 4.79 Å². The summed E-state index contributed by atoms with van der Waals surface area (Å²) in [4.78, 5) is 23.5. The van der Waals surface area contributed by atoms with E-state index >= 15 is 0 Å². The number of carboxylic acid groups (broad SMARTS) is 1. The van der Waals surface area contributed by atoms with Gasteiger partial charge in [-0.25, -0.2) is 9.59 Å². The van der Waals surface area contributed by atoms with Gasteiger partial charge in [0.1, 0.15) is 5.54 Å². The molecule has 0 aliphatic heterocycles. The van der Waals surface area contributed by atoms with Gasteiger partial charge in [-0.2, -0.15) is 0 Å². The van der Waals surface area contributed by atoms with Crippen LogP contribution < -0.4 is 10.6 Å². The molecule has 3 N–H and O–H groups in total. The van der Waals surface area contributed by atoms with Crippen molar-refractivity contribution in [3.8, 4) is 0 Å². The number of carboxylic acids is 1. The summed E-state index contributed by atoms with van der Waals surface area (Å²) in [6.45, 7) is 3.80. The van der Waals surface area contributed by atoms with E-state index in [1.54, 1.807) is 6.92 Å². The summed E-state index contributed by atoms with van der Waals surface area (Å²) in [5, 5.41) is 15.0. The first kappa shape index (κ1) is 15.1. The van der Waals surface area contributed by atoms with Gasteiger partial charge < -0.3 is 15.7 Å². The van der Waals surface area contributed by atoms with E-state index < -0.39 is 11.5 Å². The Bertz CT molecular complexity index is 381. The van der Waals surface area contributed by atoms with Crippen molar-refractivity contribution >= 4 is 12.0 Å². The predicted molar refractivity (Wildman–Crippen MR) is 76.5 cm³/mol. The van der Waals surface area contributed by atoms with Crippen molar-refractivity contribution in [3.05, 3.63) is 0 Å². The second-order valence-corrected chi connectivity index (χ2v) is 6.52. The van der Waals surface area contributed by atoms with Crippen molar-refractivity contribution in [2.45, 2.75) is 70.4 Å². The van der Waals surface area contributed by atoms with Gasteiger partial charge in [-0.05, 0) is 44.4 Å². The Morgan fingerprint density at radius 2 is 1.95 bits per heavy atom. The fraction of sp³-hybridized carbons (Fsp3) is 0.867. The van der Waals surface area contributed by atoms with Crippen LogP contribution in [0.1, 0.15) is 58.8 Å². The molecule has 3 atom stereocenters. The van der Waals surface area contributed by atoms with Crippen LogP contribution in [0.15, 0.2) is 0 Å². The molecule has 2 aliphatic carbocycles. The molecule has 0 aromatic rings. The number of rotatable bonds is 5. The fourth-order valence-corrected chi connectivity index (χ4v) is 3.24. The Morgan fingerprint density at radius 1 is 1.25 bits per heavy atom. The minimum atomic E-state index is -1.12. The van der Waals surface area contributed by atoms with Gasteiger partial charge in [0.15, 0.2) is 0 Å². The first-order valence-electron chi connectivity index (χ1n) is 7.77. The SMILES string of the molecule is CCC1CCCC(NC(=O)NC(C)(C(=O)O)C2CC2)C1. The second kappa shape index (κ2) is 6.02. The lowest BCUT2D eigenvalue weighted by Gasteiger charge is -2.31. The maximum Gasteiger partial charge on any atom is 0.329 e. The van der Waals surface area contributed by atoms with Crippen molar-refractivity contribution in [2.75, 3.05) is 0 Å². The number of carbonyl (C=O) groups excluding carboxylic acids is 1. The molecule has 5 heteroatoms. The van der Waals surface area contributed by atoms with Crippen LogP contribution >= 0.6 is 0 Å². The largest absolute Gasteiger partial charge is 0.480 e. The highest BCUT2D eigenvalue weighted by atomic mass is 16.4. The number of amides is 2. The topological polar surface area (TPSA) is 78.4 Å². The van der Waals surface area contributed by atoms with Gasteiger partial charge in [-0.1, -0.05) is 26.2 Å². The first-order chi connectivity index (χ1) is 9.45. The molecule has 114 valence electrons. The summed E-state index contributed by atoms with van der Waals surface area (Å²) >= 11 is 0. The van der Waals surface area contributed by atoms with E-state index in [2.05, 4.69) is 17.6 Å². The maximum absolute atomic E-state index is 12.1. The van der Waals surface area contributed by atoms with E-state index in [4.69, 9.17) is 0 Å². The molecule has 2 amide bonds. The molecule has 20 heavy (non-hydrogen) atoms. The average Bonchev–Trinajstić information content (AvgIpc) is 3.23. The molecule has 2 aliphatic rings. The highest BCUT2D eigenvalue weighted by molar-refractivity contribution is 5.86. The standard InChI is InChI=1S/C15H26N2O3/c1-3-10-5-4-6-12(9-10)16-14(20)17-15(2,13(18)19)11-7-8-11/h10-12H,3-9H2,1-2H3,(H,18,19)(H2,16,17,20). The van der Waals surface area contributed by atoms with E-state index in [1.807, 2.05) is 0 Å². The fourth-order valence-electron chi connectivity index (χ4n) is 3.24. The molecule has 2 saturated carbocycles. The zero-order valence-corrected chi connectivity index (χ0v) is 12.4. The maximum atomic E-state index is 12.1. The number of aliphatic carboxylic acids is 1. The number of hydrogen-bond donors (Lipinski definition) is 3. The molecular weight excluding hydrogens is 256 g/mol. The Balaban J connectivity index is 1.86. The number of nitrogens with one attached hydrogen (secondary N) is 2. The highest BCUT2D eigenvalue weighted by Gasteiger charge is 2.48. The van der Waals surface area contributed by atoms with Crippen LogP contribution in [0, 0.1) is 11.8 Å². The number of hydrogen-bond acceptors (Lipinski definition) is 2. The minimum absolute atomic E-state index is 0.0699. The van der Waals surface area contributed by atoms with E-state index in [9.17, 15) is 14.7 Å². The van der Waals surface area contributed by atoms with Gasteiger partial charge in [0.2, 0.25) is 0 Å². The van der Waals surface area contributed by atoms with Gasteiger partial charge in [0, 0.05) is 6.04 Å². The van der Waals surface area contributed by atoms with Crippen LogP contribution in [-0.2, 0) is 4.79 Å². The minimum Gasteiger partial charge on any atom is -0.480 e. The smallest absolute Gasteiger partial charge is 0.329 e. The molecule has 0 radical (unpaired) electrons. The summed E-state index contributed by atoms with van der Waals surface area (Å²) in [6.07, 6.45) is 7.30. The number of urea groups is 1. The molecule has 3 unspecified atom stereocenters. The summed E-state index contributed by atoms with van der Waals surface area (Å²) in [5.41, 5.74) is -1.12. The zero-order valence-electron chi connectivity index (χ0n) is 12.4. The van der Waals surface area contributed by atoms with E-state index in [0.717, 1.165) is 38.5 Å². The molecular formula is C15H26N2O3. The van der Waals surface area contributed by atoms with Crippen LogP contribution in [0.5, 0.6) is 0 Å². The Hall–Kier alpha value is -1.26. The third kappa shape index (κ3) is 3.44. The lowest BCUT2D eigenvalue weighted by Crippen LogP contribution is -2.58. The van der Waals surface area contributed by atoms with E-state index in [-0.39, 0.29) is 18.0 Å². The molecule has 0 aromatic carbocycles. The van der Waals surface area contributed by atoms with Gasteiger partial charge in [-0.15, -0.1) is 0 Å². The van der Waals surface area contributed by atoms with Crippen molar-refractivity contribution in [1.29, 1.82) is 0 Å². The van der Waals surface area contributed by atoms with Crippen LogP contribution in [0.2, 0.25) is 0 Å². The second-order valence-electron chi connectivity index (χ2n) is 6.52. The number of carbonyl (C=O) groups is 2. The van der Waals surface area contributed by atoms with Gasteiger partial charge in [0.25, 0.3) is 0 Å². The molecule has 0 saturated heterocycles. The molecule has 0 heterocycles. The van der Waals surface area contributed by atoms with Crippen molar-refractivity contribution in [1.82, 2.24) is 10.6 Å². The van der Waals surface area contributed by atoms with Crippen LogP contribution in [0.3, 0.4) is 0 Å². The molecule has 0 bridgehead atoms. The summed E-state index contributed by atoms with van der Waals surface area (Å²) in [5.74, 6) is -0.186. The van der Waals surface area contributed by atoms with Crippen LogP contribution in [-0.4, -0.2) is 28.7 Å². The Kier molecular flexibility index (Phi) is 4.55. The van der Waals surface area contributed by atoms with Crippen LogP contribution in [0.25, 0.3) is 0 Å². The average molecular weight is 282 g/mol. The van der Waals surface area contributed by atoms with Crippen molar-refractivity contribution in [3.63, 3.8) is 0 Å². The Morgan fingerprint density at radius 3 is 2.50 bits per heavy atom. The third-order valence-electron chi connectivity index (χ3n) is 4.91. The monoisotopic (exact) mass is 282 g/mol. The summed E-state index contributed by atoms with van der Waals surface area (Å²) in [7, 11) is 0. The molecule has 5 nitrogen and oxygen atoms in total. The first-order valence-corrected chi connectivity index (χ1v) is 7.77. The predicted octanol–water partition coefficient (Wildman–Crippen LogP) is 2.51. The van der Waals surface area contributed by atoms with Gasteiger partial charge in [0.05, 0.1) is 0 Å². The highest BCUT2D eigenvalue weighted by Crippen LogP contribution is 2.39. The molecule has 0 spiro atoms. The molecule has 2 rings (SSSR count). The van der Waals surface area contributed by atoms with Crippen molar-refractivity contribution in [2.24, 2.45) is 11.8 Å². The van der Waals surface area contributed by atoms with E-state index in [1.165, 1.54) is 6.42 Å². The van der Waals surface area contributed by atoms with E-state index in [0.29, 0.717) is 5.92 Å². The zero-order chi connectivity index (χ0) is 14.8. The molecule has 0 aromatic heterocycles. The van der Waals surface area contributed by atoms with Gasteiger partial charge in [-0.3, -0.25) is 0 Å². The molecule has 2 fully saturated rings. The Labute approximate surface area is 120 Å². The summed E-state index contributed by atoms with van der Waals surface area (Å²) < 4.78 is 0. The summed E-state index contributed by atoms with van der Waals surface area (Å²) in [6, 6.07) is -0.144. The quantitative estimate of drug-likeness (QED) is 0.725. The normalized spacial score (nSPS) is 29.3. The van der Waals surface area contributed by atoms with Crippen molar-refractivity contribution < 1.29 is 14.7 Å². The lowest BCUT2D eigenvalue weighted by molar-refractivity contribution is -0.144. The van der Waals surface area contributed by atoms with Gasteiger partial charge >= 0.3 is 12.0 Å². The lowest BCUT2D eigenvalue weighted by atomic mass is 9.84.